The lowest BCUT2D eigenvalue weighted by Crippen LogP contribution is -2.38. The monoisotopic (exact) mass is 479 g/mol. The molecule has 0 radical (unpaired) electrons. The number of nitrogens with zero attached hydrogens (tertiary/aromatic N) is 4. The summed E-state index contributed by atoms with van der Waals surface area (Å²) in [5.41, 5.74) is 0.244. The molecule has 0 spiro atoms. The van der Waals surface area contributed by atoms with E-state index in [1.807, 2.05) is 0 Å². The molecule has 14 heteroatoms. The molecule has 0 aliphatic carbocycles. The molecule has 1 amide bonds. The Hall–Kier alpha value is -2.32. The zero-order chi connectivity index (χ0) is 22.5. The third kappa shape index (κ3) is 6.83. The van der Waals surface area contributed by atoms with Crippen LogP contribution in [0.15, 0.2) is 35.4 Å². The Labute approximate surface area is 181 Å². The number of rotatable bonds is 8. The lowest BCUT2D eigenvalue weighted by Gasteiger charge is -2.25. The second-order valence-corrected chi connectivity index (χ2v) is 9.53. The standard InChI is InChI=1S/C17H20F3N5O4S2/c18-17(19,20)29-13-2-4-14(5-3-13)31(27,28)21-6-1-7-25-12-15(22-23-25)16(26)24-8-10-30-11-9-24/h2-5,12,21H,1,6-11H2. The molecule has 31 heavy (non-hydrogen) atoms. The maximum atomic E-state index is 12.4. The molecule has 9 nitrogen and oxygen atoms in total. The maximum absolute atomic E-state index is 12.4. The van der Waals surface area contributed by atoms with E-state index in [0.29, 0.717) is 26.1 Å². The van der Waals surface area contributed by atoms with Crippen LogP contribution in [0, 0.1) is 0 Å². The SMILES string of the molecule is O=C(c1cn(CCCNS(=O)(=O)c2ccc(OC(F)(F)F)cc2)nn1)N1CCSCC1. The molecule has 0 unspecified atom stereocenters. The van der Waals surface area contributed by atoms with Crippen LogP contribution in [0.4, 0.5) is 13.2 Å². The highest BCUT2D eigenvalue weighted by molar-refractivity contribution is 7.99. The summed E-state index contributed by atoms with van der Waals surface area (Å²) in [6.07, 6.45) is -2.96. The van der Waals surface area contributed by atoms with Gasteiger partial charge < -0.3 is 9.64 Å². The molecule has 1 saturated heterocycles. The molecule has 1 aromatic carbocycles. The number of aryl methyl sites for hydroxylation is 1. The fourth-order valence-electron chi connectivity index (χ4n) is 2.79. The van der Waals surface area contributed by atoms with E-state index in [0.717, 1.165) is 35.8 Å². The highest BCUT2D eigenvalue weighted by atomic mass is 32.2. The van der Waals surface area contributed by atoms with Crippen LogP contribution in [0.5, 0.6) is 5.75 Å². The van der Waals surface area contributed by atoms with Crippen molar-refractivity contribution in [3.05, 3.63) is 36.2 Å². The van der Waals surface area contributed by atoms with Crippen molar-refractivity contribution in [1.82, 2.24) is 24.6 Å². The van der Waals surface area contributed by atoms with Crippen LogP contribution in [-0.4, -0.2) is 71.7 Å². The quantitative estimate of drug-likeness (QED) is 0.575. The summed E-state index contributed by atoms with van der Waals surface area (Å²) in [4.78, 5) is 13.9. The largest absolute Gasteiger partial charge is 0.573 e. The van der Waals surface area contributed by atoms with Gasteiger partial charge >= 0.3 is 6.36 Å². The number of benzene rings is 1. The number of thioether (sulfide) groups is 1. The number of hydrogen-bond donors (Lipinski definition) is 1. The molecular formula is C17H20F3N5O4S2. The predicted octanol–water partition coefficient (Wildman–Crippen LogP) is 1.73. The minimum absolute atomic E-state index is 0.0651. The van der Waals surface area contributed by atoms with Gasteiger partial charge in [-0.05, 0) is 30.7 Å². The second kappa shape index (κ2) is 9.87. The van der Waals surface area contributed by atoms with Gasteiger partial charge in [0.2, 0.25) is 10.0 Å². The van der Waals surface area contributed by atoms with Gasteiger partial charge in [-0.2, -0.15) is 11.8 Å². The molecule has 1 aromatic heterocycles. The summed E-state index contributed by atoms with van der Waals surface area (Å²) in [5, 5.41) is 7.78. The molecule has 1 N–H and O–H groups in total. The van der Waals surface area contributed by atoms with Gasteiger partial charge in [0.15, 0.2) is 5.69 Å². The van der Waals surface area contributed by atoms with E-state index >= 15 is 0 Å². The van der Waals surface area contributed by atoms with Crippen molar-refractivity contribution in [3.8, 4) is 5.75 Å². The third-order valence-corrected chi connectivity index (χ3v) is 6.70. The fraction of sp³-hybridized carbons (Fsp3) is 0.471. The van der Waals surface area contributed by atoms with Gasteiger partial charge in [-0.1, -0.05) is 5.21 Å². The smallest absolute Gasteiger partial charge is 0.406 e. The van der Waals surface area contributed by atoms with Crippen LogP contribution in [0.1, 0.15) is 16.9 Å². The predicted molar refractivity (Wildman–Crippen MR) is 106 cm³/mol. The number of sulfonamides is 1. The molecule has 1 aliphatic rings. The summed E-state index contributed by atoms with van der Waals surface area (Å²) in [6, 6.07) is 3.91. The number of carbonyl (C=O) groups is 1. The average molecular weight is 480 g/mol. The van der Waals surface area contributed by atoms with Gasteiger partial charge in [-0.3, -0.25) is 9.48 Å². The number of alkyl halides is 3. The van der Waals surface area contributed by atoms with E-state index in [1.54, 1.807) is 16.7 Å². The lowest BCUT2D eigenvalue weighted by molar-refractivity contribution is -0.274. The molecular weight excluding hydrogens is 459 g/mol. The van der Waals surface area contributed by atoms with Crippen LogP contribution in [0.3, 0.4) is 0 Å². The van der Waals surface area contributed by atoms with Crippen molar-refractivity contribution in [2.45, 2.75) is 24.2 Å². The van der Waals surface area contributed by atoms with E-state index in [1.165, 1.54) is 10.9 Å². The van der Waals surface area contributed by atoms with Gasteiger partial charge in [0.05, 0.1) is 11.1 Å². The third-order valence-electron chi connectivity index (χ3n) is 4.28. The van der Waals surface area contributed by atoms with Crippen LogP contribution in [0.25, 0.3) is 0 Å². The number of aromatic nitrogens is 3. The normalized spacial score (nSPS) is 15.1. The first-order valence-corrected chi connectivity index (χ1v) is 11.9. The Morgan fingerprint density at radius 2 is 1.87 bits per heavy atom. The number of carbonyl (C=O) groups excluding carboxylic acids is 1. The highest BCUT2D eigenvalue weighted by Crippen LogP contribution is 2.23. The molecule has 0 atom stereocenters. The lowest BCUT2D eigenvalue weighted by atomic mass is 10.3. The van der Waals surface area contributed by atoms with E-state index in [2.05, 4.69) is 19.8 Å². The Morgan fingerprint density at radius 1 is 1.19 bits per heavy atom. The van der Waals surface area contributed by atoms with Gasteiger partial charge in [-0.15, -0.1) is 18.3 Å². The van der Waals surface area contributed by atoms with Crippen molar-refractivity contribution in [2.75, 3.05) is 31.1 Å². The number of ether oxygens (including phenoxy) is 1. The number of hydrogen-bond acceptors (Lipinski definition) is 7. The van der Waals surface area contributed by atoms with Crippen LogP contribution < -0.4 is 9.46 Å². The van der Waals surface area contributed by atoms with Crippen LogP contribution >= 0.6 is 11.8 Å². The Kier molecular flexibility index (Phi) is 7.43. The molecule has 3 rings (SSSR count). The molecule has 2 heterocycles. The molecule has 170 valence electrons. The van der Waals surface area contributed by atoms with E-state index in [-0.39, 0.29) is 23.0 Å². The summed E-state index contributed by atoms with van der Waals surface area (Å²) in [6.45, 7) is 1.73. The number of nitrogens with one attached hydrogen (secondary N) is 1. The van der Waals surface area contributed by atoms with Gasteiger partial charge in [0, 0.05) is 37.7 Å². The van der Waals surface area contributed by atoms with Crippen LogP contribution in [-0.2, 0) is 16.6 Å². The summed E-state index contributed by atoms with van der Waals surface area (Å²) >= 11 is 1.79. The zero-order valence-electron chi connectivity index (χ0n) is 16.2. The fourth-order valence-corrected chi connectivity index (χ4v) is 4.76. The summed E-state index contributed by atoms with van der Waals surface area (Å²) in [5.74, 6) is 1.09. The molecule has 1 fully saturated rings. The van der Waals surface area contributed by atoms with Crippen LogP contribution in [0.2, 0.25) is 0 Å². The second-order valence-electron chi connectivity index (χ2n) is 6.54. The minimum Gasteiger partial charge on any atom is -0.406 e. The minimum atomic E-state index is -4.85. The van der Waals surface area contributed by atoms with E-state index in [4.69, 9.17) is 0 Å². The molecule has 0 saturated carbocycles. The Bertz CT molecular complexity index is 990. The van der Waals surface area contributed by atoms with Gasteiger partial charge in [-0.25, -0.2) is 13.1 Å². The van der Waals surface area contributed by atoms with Gasteiger partial charge in [0.25, 0.3) is 5.91 Å². The molecule has 0 bridgehead atoms. The molecule has 1 aliphatic heterocycles. The first-order valence-electron chi connectivity index (χ1n) is 9.27. The summed E-state index contributed by atoms with van der Waals surface area (Å²) in [7, 11) is -3.89. The zero-order valence-corrected chi connectivity index (χ0v) is 17.8. The maximum Gasteiger partial charge on any atom is 0.573 e. The van der Waals surface area contributed by atoms with E-state index in [9.17, 15) is 26.4 Å². The first-order chi connectivity index (χ1) is 14.6. The van der Waals surface area contributed by atoms with E-state index < -0.39 is 22.1 Å². The van der Waals surface area contributed by atoms with Crippen molar-refractivity contribution in [1.29, 1.82) is 0 Å². The van der Waals surface area contributed by atoms with Gasteiger partial charge in [0.1, 0.15) is 5.75 Å². The van der Waals surface area contributed by atoms with Crippen molar-refractivity contribution in [3.63, 3.8) is 0 Å². The topological polar surface area (TPSA) is 106 Å². The molecule has 2 aromatic rings. The first kappa shape index (κ1) is 23.3. The summed E-state index contributed by atoms with van der Waals surface area (Å²) < 4.78 is 68.6. The van der Waals surface area contributed by atoms with Crippen molar-refractivity contribution < 1.29 is 31.1 Å². The number of amides is 1. The Morgan fingerprint density at radius 3 is 2.52 bits per heavy atom. The highest BCUT2D eigenvalue weighted by Gasteiger charge is 2.31. The van der Waals surface area contributed by atoms with Crippen molar-refractivity contribution in [2.24, 2.45) is 0 Å². The average Bonchev–Trinajstić information content (AvgIpc) is 3.19. The number of halogens is 3. The Balaban J connectivity index is 1.47. The van der Waals surface area contributed by atoms with Crippen molar-refractivity contribution >= 4 is 27.7 Å².